The van der Waals surface area contributed by atoms with Gasteiger partial charge >= 0.3 is 0 Å². The molecule has 2 aromatic carbocycles. The van der Waals surface area contributed by atoms with Crippen LogP contribution in [-0.4, -0.2) is 15.1 Å². The first kappa shape index (κ1) is 11.7. The third-order valence-electron chi connectivity index (χ3n) is 3.16. The molecular formula is C15H13FN2O. The van der Waals surface area contributed by atoms with Gasteiger partial charge in [0.15, 0.2) is 0 Å². The number of imidazole rings is 1. The van der Waals surface area contributed by atoms with E-state index < -0.39 is 5.82 Å². The molecule has 0 bridgehead atoms. The molecule has 0 aliphatic heterocycles. The van der Waals surface area contributed by atoms with Gasteiger partial charge in [0.1, 0.15) is 17.4 Å². The average Bonchev–Trinajstić information content (AvgIpc) is 2.80. The van der Waals surface area contributed by atoms with Gasteiger partial charge in [0, 0.05) is 6.07 Å². The fraction of sp³-hybridized carbons (Fsp3) is 0.133. The molecule has 4 heteroatoms. The molecule has 0 radical (unpaired) electrons. The summed E-state index contributed by atoms with van der Waals surface area (Å²) < 4.78 is 13.8. The number of benzene rings is 2. The van der Waals surface area contributed by atoms with Crippen molar-refractivity contribution in [2.75, 3.05) is 0 Å². The van der Waals surface area contributed by atoms with Gasteiger partial charge in [-0.1, -0.05) is 13.0 Å². The molecular weight excluding hydrogens is 243 g/mol. The summed E-state index contributed by atoms with van der Waals surface area (Å²) in [5.41, 5.74) is 3.25. The van der Waals surface area contributed by atoms with Crippen LogP contribution in [0.25, 0.3) is 22.4 Å². The Balaban J connectivity index is 2.14. The van der Waals surface area contributed by atoms with Crippen LogP contribution >= 0.6 is 0 Å². The third kappa shape index (κ3) is 2.05. The van der Waals surface area contributed by atoms with Crippen molar-refractivity contribution in [3.05, 3.63) is 47.8 Å². The lowest BCUT2D eigenvalue weighted by Crippen LogP contribution is -1.85. The molecule has 19 heavy (non-hydrogen) atoms. The minimum absolute atomic E-state index is 0.0920. The Morgan fingerprint density at radius 3 is 2.79 bits per heavy atom. The number of fused-ring (bicyclic) bond motifs is 1. The summed E-state index contributed by atoms with van der Waals surface area (Å²) in [5.74, 6) is -0.110. The highest BCUT2D eigenvalue weighted by Gasteiger charge is 2.10. The summed E-state index contributed by atoms with van der Waals surface area (Å²) in [5, 5.41) is 9.22. The van der Waals surface area contributed by atoms with Gasteiger partial charge < -0.3 is 10.1 Å². The number of aryl methyl sites for hydroxylation is 1. The number of aromatic amines is 1. The highest BCUT2D eigenvalue weighted by Crippen LogP contribution is 2.26. The smallest absolute Gasteiger partial charge is 0.141 e. The third-order valence-corrected chi connectivity index (χ3v) is 3.16. The maximum absolute atomic E-state index is 13.8. The Morgan fingerprint density at radius 2 is 2.05 bits per heavy atom. The predicted molar refractivity (Wildman–Crippen MR) is 72.5 cm³/mol. The number of phenols is 1. The number of halogens is 1. The van der Waals surface area contributed by atoms with E-state index in [2.05, 4.69) is 16.9 Å². The maximum Gasteiger partial charge on any atom is 0.141 e. The lowest BCUT2D eigenvalue weighted by molar-refractivity contribution is 0.469. The standard InChI is InChI=1S/C15H13FN2O/c1-2-9-3-6-13-14(7-9)18-15(17-13)11-5-4-10(19)8-12(11)16/h3-8,19H,2H2,1H3,(H,17,18). The molecule has 0 saturated carbocycles. The van der Waals surface area contributed by atoms with Gasteiger partial charge in [0.05, 0.1) is 16.6 Å². The van der Waals surface area contributed by atoms with E-state index in [0.717, 1.165) is 23.5 Å². The quantitative estimate of drug-likeness (QED) is 0.735. The second kappa shape index (κ2) is 4.39. The van der Waals surface area contributed by atoms with Gasteiger partial charge in [-0.25, -0.2) is 9.37 Å². The van der Waals surface area contributed by atoms with Crippen molar-refractivity contribution in [2.24, 2.45) is 0 Å². The topological polar surface area (TPSA) is 48.9 Å². The molecule has 0 aliphatic carbocycles. The van der Waals surface area contributed by atoms with E-state index in [1.807, 2.05) is 18.2 Å². The van der Waals surface area contributed by atoms with Crippen molar-refractivity contribution in [3.63, 3.8) is 0 Å². The first-order valence-corrected chi connectivity index (χ1v) is 6.15. The van der Waals surface area contributed by atoms with Crippen molar-refractivity contribution in [1.29, 1.82) is 0 Å². The van der Waals surface area contributed by atoms with Crippen molar-refractivity contribution < 1.29 is 9.50 Å². The van der Waals surface area contributed by atoms with Crippen molar-refractivity contribution in [1.82, 2.24) is 9.97 Å². The molecule has 96 valence electrons. The number of nitrogens with zero attached hydrogens (tertiary/aromatic N) is 1. The van der Waals surface area contributed by atoms with Crippen LogP contribution in [0.5, 0.6) is 5.75 Å². The van der Waals surface area contributed by atoms with E-state index in [4.69, 9.17) is 0 Å². The Hall–Kier alpha value is -2.36. The van der Waals surface area contributed by atoms with Crippen LogP contribution in [0.2, 0.25) is 0 Å². The van der Waals surface area contributed by atoms with Gasteiger partial charge in [-0.2, -0.15) is 0 Å². The number of hydrogen-bond acceptors (Lipinski definition) is 2. The van der Waals surface area contributed by atoms with E-state index in [-0.39, 0.29) is 5.75 Å². The highest BCUT2D eigenvalue weighted by atomic mass is 19.1. The molecule has 0 unspecified atom stereocenters. The second-order valence-electron chi connectivity index (χ2n) is 4.45. The van der Waals surface area contributed by atoms with Crippen molar-refractivity contribution in [3.8, 4) is 17.1 Å². The largest absolute Gasteiger partial charge is 0.508 e. The van der Waals surface area contributed by atoms with Crippen LogP contribution in [0.1, 0.15) is 12.5 Å². The normalized spacial score (nSPS) is 11.1. The van der Waals surface area contributed by atoms with Crippen LogP contribution in [0, 0.1) is 5.82 Å². The van der Waals surface area contributed by atoms with E-state index in [0.29, 0.717) is 11.4 Å². The number of phenolic OH excluding ortho intramolecular Hbond substituents is 1. The molecule has 3 nitrogen and oxygen atoms in total. The number of H-pyrrole nitrogens is 1. The maximum atomic E-state index is 13.8. The Kier molecular flexibility index (Phi) is 2.71. The van der Waals surface area contributed by atoms with Crippen LogP contribution in [-0.2, 0) is 6.42 Å². The van der Waals surface area contributed by atoms with Crippen molar-refractivity contribution >= 4 is 11.0 Å². The molecule has 0 aliphatic rings. The molecule has 1 aromatic heterocycles. The molecule has 0 atom stereocenters. The molecule has 2 N–H and O–H groups in total. The molecule has 0 fully saturated rings. The summed E-state index contributed by atoms with van der Waals surface area (Å²) in [6, 6.07) is 10.0. The molecule has 0 saturated heterocycles. The van der Waals surface area contributed by atoms with Gasteiger partial charge in [-0.05, 0) is 36.2 Å². The summed E-state index contributed by atoms with van der Waals surface area (Å²) in [4.78, 5) is 7.49. The van der Waals surface area contributed by atoms with Crippen LogP contribution in [0.4, 0.5) is 4.39 Å². The number of hydrogen-bond donors (Lipinski definition) is 2. The lowest BCUT2D eigenvalue weighted by Gasteiger charge is -1.99. The fourth-order valence-corrected chi connectivity index (χ4v) is 2.10. The van der Waals surface area contributed by atoms with E-state index in [1.165, 1.54) is 17.7 Å². The van der Waals surface area contributed by atoms with Crippen molar-refractivity contribution in [2.45, 2.75) is 13.3 Å². The van der Waals surface area contributed by atoms with Crippen LogP contribution in [0.15, 0.2) is 36.4 Å². The molecule has 3 aromatic rings. The molecule has 0 spiro atoms. The zero-order valence-corrected chi connectivity index (χ0v) is 10.4. The zero-order chi connectivity index (χ0) is 13.4. The minimum atomic E-state index is -0.491. The molecule has 1 heterocycles. The summed E-state index contributed by atoms with van der Waals surface area (Å²) in [6.45, 7) is 2.08. The number of aromatic nitrogens is 2. The van der Waals surface area contributed by atoms with E-state index in [9.17, 15) is 9.50 Å². The molecule has 3 rings (SSSR count). The highest BCUT2D eigenvalue weighted by molar-refractivity contribution is 5.80. The molecule has 0 amide bonds. The van der Waals surface area contributed by atoms with E-state index >= 15 is 0 Å². The summed E-state index contributed by atoms with van der Waals surface area (Å²) >= 11 is 0. The fourth-order valence-electron chi connectivity index (χ4n) is 2.10. The van der Waals surface area contributed by atoms with Crippen LogP contribution in [0.3, 0.4) is 0 Å². The lowest BCUT2D eigenvalue weighted by atomic mass is 10.1. The predicted octanol–water partition coefficient (Wildman–Crippen LogP) is 3.64. The number of rotatable bonds is 2. The number of aromatic hydroxyl groups is 1. The monoisotopic (exact) mass is 256 g/mol. The Labute approximate surface area is 109 Å². The first-order chi connectivity index (χ1) is 9.17. The zero-order valence-electron chi connectivity index (χ0n) is 10.4. The average molecular weight is 256 g/mol. The first-order valence-electron chi connectivity index (χ1n) is 6.15. The Bertz CT molecular complexity index is 749. The van der Waals surface area contributed by atoms with Gasteiger partial charge in [-0.3, -0.25) is 0 Å². The summed E-state index contributed by atoms with van der Waals surface area (Å²) in [6.07, 6.45) is 0.942. The summed E-state index contributed by atoms with van der Waals surface area (Å²) in [7, 11) is 0. The Morgan fingerprint density at radius 1 is 1.21 bits per heavy atom. The van der Waals surface area contributed by atoms with Gasteiger partial charge in [0.25, 0.3) is 0 Å². The van der Waals surface area contributed by atoms with Gasteiger partial charge in [0.2, 0.25) is 0 Å². The number of nitrogens with one attached hydrogen (secondary N) is 1. The second-order valence-corrected chi connectivity index (χ2v) is 4.45. The van der Waals surface area contributed by atoms with E-state index in [1.54, 1.807) is 0 Å². The van der Waals surface area contributed by atoms with Gasteiger partial charge in [-0.15, -0.1) is 0 Å². The van der Waals surface area contributed by atoms with Crippen LogP contribution < -0.4 is 0 Å². The SMILES string of the molecule is CCc1ccc2nc(-c3ccc(O)cc3F)[nH]c2c1. The minimum Gasteiger partial charge on any atom is -0.508 e.